The Morgan fingerprint density at radius 3 is 1.90 bits per heavy atom. The molecule has 0 aromatic carbocycles. The quantitative estimate of drug-likeness (QED) is 0.364. The third kappa shape index (κ3) is 8.37. The van der Waals surface area contributed by atoms with Crippen molar-refractivity contribution >= 4 is 8.56 Å². The Balaban J connectivity index is 3.83. The van der Waals surface area contributed by atoms with Crippen LogP contribution in [0.3, 0.4) is 0 Å². The van der Waals surface area contributed by atoms with E-state index in [-0.39, 0.29) is 0 Å². The van der Waals surface area contributed by atoms with Gasteiger partial charge >= 0.3 is 8.56 Å². The number of rotatable bonds is 14. The zero-order valence-corrected chi connectivity index (χ0v) is 15.2. The standard InChI is InChI=1S/C15H35NO3Si/c1-6-16(7-2)12-14-17-13-11-15-20(10-5,18-8-3)19-9-4/h6-15H2,1-5H3. The molecule has 0 N–H and O–H groups in total. The fourth-order valence-corrected chi connectivity index (χ4v) is 5.24. The minimum atomic E-state index is -1.96. The van der Waals surface area contributed by atoms with E-state index in [1.54, 1.807) is 0 Å². The summed E-state index contributed by atoms with van der Waals surface area (Å²) in [5.74, 6) is 0. The molecule has 4 nitrogen and oxygen atoms in total. The van der Waals surface area contributed by atoms with Crippen LogP contribution < -0.4 is 0 Å². The van der Waals surface area contributed by atoms with E-state index in [0.717, 1.165) is 64.6 Å². The van der Waals surface area contributed by atoms with Gasteiger partial charge in [-0.1, -0.05) is 20.8 Å². The number of hydrogen-bond acceptors (Lipinski definition) is 4. The van der Waals surface area contributed by atoms with Gasteiger partial charge in [0.2, 0.25) is 0 Å². The fourth-order valence-electron chi connectivity index (χ4n) is 2.37. The van der Waals surface area contributed by atoms with Crippen LogP contribution in [-0.2, 0) is 13.6 Å². The van der Waals surface area contributed by atoms with Crippen molar-refractivity contribution in [3.05, 3.63) is 0 Å². The number of nitrogens with zero attached hydrogens (tertiary/aromatic N) is 1. The van der Waals surface area contributed by atoms with E-state index in [1.807, 2.05) is 0 Å². The first-order valence-corrected chi connectivity index (χ1v) is 10.5. The van der Waals surface area contributed by atoms with Gasteiger partial charge in [-0.3, -0.25) is 0 Å². The Labute approximate surface area is 127 Å². The number of likely N-dealkylation sites (N-methyl/N-ethyl adjacent to an activating group) is 1. The lowest BCUT2D eigenvalue weighted by Crippen LogP contribution is -2.41. The maximum absolute atomic E-state index is 5.95. The van der Waals surface area contributed by atoms with Gasteiger partial charge in [0.05, 0.1) is 6.61 Å². The molecule has 0 aliphatic rings. The molecule has 0 amide bonds. The van der Waals surface area contributed by atoms with Gasteiger partial charge in [0.15, 0.2) is 0 Å². The second-order valence-corrected chi connectivity index (χ2v) is 8.48. The predicted octanol–water partition coefficient (Wildman–Crippen LogP) is 3.27. The lowest BCUT2D eigenvalue weighted by atomic mass is 10.5. The van der Waals surface area contributed by atoms with Gasteiger partial charge in [0.25, 0.3) is 0 Å². The lowest BCUT2D eigenvalue weighted by molar-refractivity contribution is 0.104. The Bertz CT molecular complexity index is 207. The maximum Gasteiger partial charge on any atom is 0.337 e. The molecular weight excluding hydrogens is 270 g/mol. The van der Waals surface area contributed by atoms with E-state index in [0.29, 0.717) is 0 Å². The Hall–Kier alpha value is 0.0569. The molecule has 0 unspecified atom stereocenters. The summed E-state index contributed by atoms with van der Waals surface area (Å²) in [6, 6.07) is 2.06. The normalized spacial score (nSPS) is 12.3. The summed E-state index contributed by atoms with van der Waals surface area (Å²) in [4.78, 5) is 2.38. The first-order valence-electron chi connectivity index (χ1n) is 8.25. The summed E-state index contributed by atoms with van der Waals surface area (Å²) in [6.07, 6.45) is 1.04. The van der Waals surface area contributed by atoms with Crippen LogP contribution in [-0.4, -0.2) is 59.5 Å². The highest BCUT2D eigenvalue weighted by molar-refractivity contribution is 6.67. The van der Waals surface area contributed by atoms with E-state index < -0.39 is 8.56 Å². The van der Waals surface area contributed by atoms with Crippen molar-refractivity contribution in [1.29, 1.82) is 0 Å². The zero-order chi connectivity index (χ0) is 15.3. The largest absolute Gasteiger partial charge is 0.394 e. The van der Waals surface area contributed by atoms with E-state index in [2.05, 4.69) is 39.5 Å². The molecule has 0 aromatic rings. The third-order valence-electron chi connectivity index (χ3n) is 3.65. The smallest absolute Gasteiger partial charge is 0.337 e. The van der Waals surface area contributed by atoms with Crippen LogP contribution in [0.25, 0.3) is 0 Å². The molecule has 0 fully saturated rings. The van der Waals surface area contributed by atoms with Gasteiger partial charge in [0, 0.05) is 26.4 Å². The first-order chi connectivity index (χ1) is 9.67. The molecule has 0 aliphatic heterocycles. The average Bonchev–Trinajstić information content (AvgIpc) is 2.47. The first kappa shape index (κ1) is 20.1. The molecule has 0 saturated heterocycles. The molecule has 0 rings (SSSR count). The second kappa shape index (κ2) is 12.8. The van der Waals surface area contributed by atoms with Crippen LogP contribution in [0.2, 0.25) is 12.1 Å². The van der Waals surface area contributed by atoms with Crippen LogP contribution in [0.5, 0.6) is 0 Å². The van der Waals surface area contributed by atoms with Crippen LogP contribution in [0.4, 0.5) is 0 Å². The molecular formula is C15H35NO3Si. The van der Waals surface area contributed by atoms with Crippen molar-refractivity contribution in [2.45, 2.75) is 53.1 Å². The van der Waals surface area contributed by atoms with Gasteiger partial charge in [-0.05, 0) is 45.4 Å². The van der Waals surface area contributed by atoms with Crippen molar-refractivity contribution in [3.8, 4) is 0 Å². The summed E-state index contributed by atoms with van der Waals surface area (Å²) in [6.45, 7) is 17.0. The highest BCUT2D eigenvalue weighted by atomic mass is 28.4. The van der Waals surface area contributed by atoms with E-state index >= 15 is 0 Å². The SMILES string of the molecule is CCO[Si](CC)(CCCOCCN(CC)CC)OCC. The molecule has 0 spiro atoms. The molecule has 0 heterocycles. The Morgan fingerprint density at radius 1 is 0.850 bits per heavy atom. The van der Waals surface area contributed by atoms with Crippen molar-refractivity contribution in [1.82, 2.24) is 4.90 Å². The Morgan fingerprint density at radius 2 is 1.45 bits per heavy atom. The summed E-state index contributed by atoms with van der Waals surface area (Å²) in [5.41, 5.74) is 0. The molecule has 0 aromatic heterocycles. The van der Waals surface area contributed by atoms with Gasteiger partial charge in [-0.15, -0.1) is 0 Å². The summed E-state index contributed by atoms with van der Waals surface area (Å²) < 4.78 is 17.6. The van der Waals surface area contributed by atoms with Crippen LogP contribution in [0.15, 0.2) is 0 Å². The van der Waals surface area contributed by atoms with E-state index in [1.165, 1.54) is 0 Å². The zero-order valence-electron chi connectivity index (χ0n) is 14.2. The van der Waals surface area contributed by atoms with Crippen molar-refractivity contribution < 1.29 is 13.6 Å². The average molecular weight is 306 g/mol. The van der Waals surface area contributed by atoms with Crippen molar-refractivity contribution in [3.63, 3.8) is 0 Å². The molecule has 0 bridgehead atoms. The highest BCUT2D eigenvalue weighted by Gasteiger charge is 2.34. The van der Waals surface area contributed by atoms with Crippen LogP contribution in [0.1, 0.15) is 41.0 Å². The number of hydrogen-bond donors (Lipinski definition) is 0. The third-order valence-corrected chi connectivity index (χ3v) is 7.47. The summed E-state index contributed by atoms with van der Waals surface area (Å²) in [5, 5.41) is 0. The minimum absolute atomic E-state index is 0.753. The van der Waals surface area contributed by atoms with Crippen molar-refractivity contribution in [2.24, 2.45) is 0 Å². The van der Waals surface area contributed by atoms with Crippen molar-refractivity contribution in [2.75, 3.05) is 46.1 Å². The topological polar surface area (TPSA) is 30.9 Å². The monoisotopic (exact) mass is 305 g/mol. The van der Waals surface area contributed by atoms with E-state index in [9.17, 15) is 0 Å². The molecule has 0 saturated carbocycles. The number of ether oxygens (including phenoxy) is 1. The predicted molar refractivity (Wildman–Crippen MR) is 87.5 cm³/mol. The molecule has 0 atom stereocenters. The minimum Gasteiger partial charge on any atom is -0.394 e. The molecule has 20 heavy (non-hydrogen) atoms. The maximum atomic E-state index is 5.95. The van der Waals surface area contributed by atoms with Crippen LogP contribution >= 0.6 is 0 Å². The fraction of sp³-hybridized carbons (Fsp3) is 1.00. The molecule has 122 valence electrons. The van der Waals surface area contributed by atoms with Gasteiger partial charge in [-0.2, -0.15) is 0 Å². The van der Waals surface area contributed by atoms with Gasteiger partial charge in [0.1, 0.15) is 0 Å². The second-order valence-electron chi connectivity index (χ2n) is 4.87. The summed E-state index contributed by atoms with van der Waals surface area (Å²) in [7, 11) is -1.96. The van der Waals surface area contributed by atoms with Gasteiger partial charge in [-0.25, -0.2) is 0 Å². The molecule has 0 aliphatic carbocycles. The lowest BCUT2D eigenvalue weighted by Gasteiger charge is -2.29. The van der Waals surface area contributed by atoms with E-state index in [4.69, 9.17) is 13.6 Å². The van der Waals surface area contributed by atoms with Gasteiger partial charge < -0.3 is 18.5 Å². The summed E-state index contributed by atoms with van der Waals surface area (Å²) >= 11 is 0. The van der Waals surface area contributed by atoms with Crippen LogP contribution in [0, 0.1) is 0 Å². The molecule has 0 radical (unpaired) electrons. The Kier molecular flexibility index (Phi) is 12.8. The highest BCUT2D eigenvalue weighted by Crippen LogP contribution is 2.20. The molecule has 5 heteroatoms.